The second-order valence-electron chi connectivity index (χ2n) is 6.23. The molecule has 5 rings (SSSR count). The zero-order chi connectivity index (χ0) is 19.8. The first-order valence-electron chi connectivity index (χ1n) is 8.69. The van der Waals surface area contributed by atoms with Crippen LogP contribution in [0.2, 0.25) is 5.15 Å². The molecule has 0 saturated heterocycles. The van der Waals surface area contributed by atoms with E-state index in [2.05, 4.69) is 33.4 Å². The maximum atomic E-state index is 6.40. The Hall–Kier alpha value is -2.42. The summed E-state index contributed by atoms with van der Waals surface area (Å²) in [6.45, 7) is 0.225. The first-order chi connectivity index (χ1) is 14.2. The first kappa shape index (κ1) is 18.6. The molecular weight excluding hydrogens is 430 g/mol. The lowest BCUT2D eigenvalue weighted by atomic mass is 10.2. The Morgan fingerprint density at radius 2 is 1.93 bits per heavy atom. The highest BCUT2D eigenvalue weighted by Crippen LogP contribution is 2.36. The number of rotatable bonds is 5. The maximum absolute atomic E-state index is 6.40. The van der Waals surface area contributed by atoms with Crippen LogP contribution in [0, 0.1) is 0 Å². The van der Waals surface area contributed by atoms with Crippen molar-refractivity contribution in [3.8, 4) is 23.0 Å². The van der Waals surface area contributed by atoms with Gasteiger partial charge in [-0.05, 0) is 42.7 Å². The van der Waals surface area contributed by atoms with Crippen molar-refractivity contribution in [2.45, 2.75) is 15.9 Å². The number of pyridine rings is 1. The molecule has 0 radical (unpaired) electrons. The number of thioether (sulfide) groups is 2. The Labute approximate surface area is 180 Å². The van der Waals surface area contributed by atoms with E-state index in [1.807, 2.05) is 30.5 Å². The smallest absolute Gasteiger partial charge is 0.277 e. The van der Waals surface area contributed by atoms with Crippen molar-refractivity contribution in [3.63, 3.8) is 0 Å². The van der Waals surface area contributed by atoms with Gasteiger partial charge in [-0.3, -0.25) is 0 Å². The Bertz CT molecular complexity index is 1220. The van der Waals surface area contributed by atoms with Crippen LogP contribution in [-0.2, 0) is 5.75 Å². The molecule has 0 atom stereocenters. The van der Waals surface area contributed by atoms with E-state index in [9.17, 15) is 0 Å². The molecule has 29 heavy (non-hydrogen) atoms. The minimum Gasteiger partial charge on any atom is -0.454 e. The molecule has 0 bridgehead atoms. The summed E-state index contributed by atoms with van der Waals surface area (Å²) in [5.41, 5.74) is 2.59. The number of halogens is 1. The Morgan fingerprint density at radius 1 is 1.03 bits per heavy atom. The monoisotopic (exact) mass is 443 g/mol. The second kappa shape index (κ2) is 7.78. The number of benzene rings is 2. The second-order valence-corrected chi connectivity index (χ2v) is 8.39. The first-order valence-corrected chi connectivity index (χ1v) is 11.3. The van der Waals surface area contributed by atoms with Crippen molar-refractivity contribution in [1.82, 2.24) is 15.2 Å². The minimum atomic E-state index is 0.225. The van der Waals surface area contributed by atoms with Crippen LogP contribution >= 0.6 is 35.1 Å². The summed E-state index contributed by atoms with van der Waals surface area (Å²) >= 11 is 9.50. The molecule has 4 aromatic rings. The Kier molecular flexibility index (Phi) is 4.99. The standard InChI is InChI=1S/C20H14ClN3O3S2/c1-28-14-4-2-11-6-13(18(21)22-15(11)8-14)9-29-20-24-23-19(27-20)12-3-5-16-17(7-12)26-10-25-16/h2-8H,9-10H2,1H3. The van der Waals surface area contributed by atoms with E-state index in [4.69, 9.17) is 25.5 Å². The largest absolute Gasteiger partial charge is 0.454 e. The van der Waals surface area contributed by atoms with Crippen LogP contribution in [-0.4, -0.2) is 28.2 Å². The van der Waals surface area contributed by atoms with Crippen molar-refractivity contribution < 1.29 is 13.9 Å². The molecule has 3 heterocycles. The summed E-state index contributed by atoms with van der Waals surface area (Å²) in [7, 11) is 0. The van der Waals surface area contributed by atoms with Crippen molar-refractivity contribution in [1.29, 1.82) is 0 Å². The lowest BCUT2D eigenvalue weighted by Crippen LogP contribution is -1.92. The molecule has 2 aromatic carbocycles. The highest BCUT2D eigenvalue weighted by atomic mass is 35.5. The number of fused-ring (bicyclic) bond motifs is 2. The van der Waals surface area contributed by atoms with Crippen molar-refractivity contribution in [3.05, 3.63) is 53.2 Å². The average Bonchev–Trinajstić information content (AvgIpc) is 3.40. The van der Waals surface area contributed by atoms with Gasteiger partial charge in [0, 0.05) is 27.2 Å². The molecule has 0 spiro atoms. The van der Waals surface area contributed by atoms with Crippen LogP contribution in [0.5, 0.6) is 11.5 Å². The van der Waals surface area contributed by atoms with Gasteiger partial charge >= 0.3 is 0 Å². The molecule has 0 unspecified atom stereocenters. The quantitative estimate of drug-likeness (QED) is 0.288. The molecule has 1 aliphatic rings. The van der Waals surface area contributed by atoms with Crippen molar-refractivity contribution in [2.75, 3.05) is 13.0 Å². The summed E-state index contributed by atoms with van der Waals surface area (Å²) < 4.78 is 16.5. The van der Waals surface area contributed by atoms with Crippen LogP contribution in [0.1, 0.15) is 5.56 Å². The fourth-order valence-electron chi connectivity index (χ4n) is 2.95. The zero-order valence-electron chi connectivity index (χ0n) is 15.2. The van der Waals surface area contributed by atoms with Crippen LogP contribution < -0.4 is 9.47 Å². The average molecular weight is 444 g/mol. The molecule has 1 aliphatic heterocycles. The van der Waals surface area contributed by atoms with E-state index in [-0.39, 0.29) is 6.79 Å². The van der Waals surface area contributed by atoms with Gasteiger partial charge in [0.2, 0.25) is 12.7 Å². The van der Waals surface area contributed by atoms with E-state index in [1.165, 1.54) is 11.8 Å². The minimum absolute atomic E-state index is 0.225. The van der Waals surface area contributed by atoms with Gasteiger partial charge in [-0.25, -0.2) is 4.98 Å². The predicted molar refractivity (Wildman–Crippen MR) is 114 cm³/mol. The lowest BCUT2D eigenvalue weighted by molar-refractivity contribution is 0.174. The summed E-state index contributed by atoms with van der Waals surface area (Å²) in [5, 5.41) is 10.3. The molecule has 0 amide bonds. The normalized spacial score (nSPS) is 12.6. The molecule has 0 saturated carbocycles. The van der Waals surface area contributed by atoms with Gasteiger partial charge in [-0.1, -0.05) is 29.4 Å². The fourth-order valence-corrected chi connectivity index (χ4v) is 4.41. The van der Waals surface area contributed by atoms with Gasteiger partial charge in [0.15, 0.2) is 11.5 Å². The SMILES string of the molecule is CSc1ccc2cc(CSc3nnc(-c4ccc5c(c4)OCO5)o3)c(Cl)nc2c1. The van der Waals surface area contributed by atoms with Crippen LogP contribution in [0.4, 0.5) is 0 Å². The van der Waals surface area contributed by atoms with E-state index >= 15 is 0 Å². The van der Waals surface area contributed by atoms with Gasteiger partial charge in [0.25, 0.3) is 5.22 Å². The zero-order valence-corrected chi connectivity index (χ0v) is 17.6. The van der Waals surface area contributed by atoms with E-state index in [0.29, 0.717) is 33.5 Å². The summed E-state index contributed by atoms with van der Waals surface area (Å²) in [5.74, 6) is 2.40. The topological polar surface area (TPSA) is 70.3 Å². The van der Waals surface area contributed by atoms with Gasteiger partial charge in [-0.15, -0.1) is 22.0 Å². The molecule has 0 aliphatic carbocycles. The van der Waals surface area contributed by atoms with Crippen molar-refractivity contribution in [2.24, 2.45) is 0 Å². The molecule has 9 heteroatoms. The number of nitrogens with zero attached hydrogens (tertiary/aromatic N) is 3. The lowest BCUT2D eigenvalue weighted by Gasteiger charge is -2.06. The van der Waals surface area contributed by atoms with Gasteiger partial charge in [0.05, 0.1) is 5.52 Å². The number of hydrogen-bond donors (Lipinski definition) is 0. The molecular formula is C20H14ClN3O3S2. The van der Waals surface area contributed by atoms with E-state index in [0.717, 1.165) is 26.9 Å². The summed E-state index contributed by atoms with van der Waals surface area (Å²) in [6, 6.07) is 13.8. The third kappa shape index (κ3) is 3.75. The Morgan fingerprint density at radius 3 is 2.83 bits per heavy atom. The molecule has 146 valence electrons. The van der Waals surface area contributed by atoms with E-state index in [1.54, 1.807) is 11.8 Å². The maximum Gasteiger partial charge on any atom is 0.277 e. The van der Waals surface area contributed by atoms with Gasteiger partial charge in [-0.2, -0.15) is 0 Å². The van der Waals surface area contributed by atoms with Crippen LogP contribution in [0.15, 0.2) is 57.0 Å². The number of ether oxygens (including phenoxy) is 2. The Balaban J connectivity index is 1.33. The van der Waals surface area contributed by atoms with Crippen molar-refractivity contribution >= 4 is 46.0 Å². The third-order valence-electron chi connectivity index (χ3n) is 4.43. The van der Waals surface area contributed by atoms with Gasteiger partial charge in [0.1, 0.15) is 5.15 Å². The summed E-state index contributed by atoms with van der Waals surface area (Å²) in [6.07, 6.45) is 2.04. The van der Waals surface area contributed by atoms with E-state index < -0.39 is 0 Å². The third-order valence-corrected chi connectivity index (χ3v) is 6.35. The van der Waals surface area contributed by atoms with Crippen LogP contribution in [0.25, 0.3) is 22.4 Å². The fraction of sp³-hybridized carbons (Fsp3) is 0.150. The molecule has 6 nitrogen and oxygen atoms in total. The van der Waals surface area contributed by atoms with Gasteiger partial charge < -0.3 is 13.9 Å². The number of hydrogen-bond acceptors (Lipinski definition) is 8. The molecule has 2 aromatic heterocycles. The molecule has 0 N–H and O–H groups in total. The van der Waals surface area contributed by atoms with Crippen LogP contribution in [0.3, 0.4) is 0 Å². The highest BCUT2D eigenvalue weighted by molar-refractivity contribution is 7.98. The number of aromatic nitrogens is 3. The summed E-state index contributed by atoms with van der Waals surface area (Å²) in [4.78, 5) is 5.69. The highest BCUT2D eigenvalue weighted by Gasteiger charge is 2.17. The predicted octanol–water partition coefficient (Wildman–Crippen LogP) is 5.68. The molecule has 0 fully saturated rings.